The second kappa shape index (κ2) is 8.18. The maximum absolute atomic E-state index is 6.43. The van der Waals surface area contributed by atoms with Crippen LogP contribution in [0, 0.1) is 0 Å². The number of anilines is 1. The summed E-state index contributed by atoms with van der Waals surface area (Å²) in [6.07, 6.45) is 1.13. The van der Waals surface area contributed by atoms with Crippen LogP contribution >= 0.6 is 38.9 Å². The van der Waals surface area contributed by atoms with Gasteiger partial charge in [0.25, 0.3) is 0 Å². The van der Waals surface area contributed by atoms with Crippen molar-refractivity contribution in [3.63, 3.8) is 0 Å². The van der Waals surface area contributed by atoms with Gasteiger partial charge in [-0.15, -0.1) is 11.3 Å². The molecule has 21 heavy (non-hydrogen) atoms. The Bertz CT molecular complexity index is 585. The quantitative estimate of drug-likeness (QED) is 0.648. The van der Waals surface area contributed by atoms with Gasteiger partial charge in [0, 0.05) is 20.1 Å². The third kappa shape index (κ3) is 4.71. The lowest BCUT2D eigenvalue weighted by Crippen LogP contribution is -2.21. The van der Waals surface area contributed by atoms with Gasteiger partial charge in [0.1, 0.15) is 0 Å². The van der Waals surface area contributed by atoms with Crippen molar-refractivity contribution in [1.82, 2.24) is 5.32 Å². The van der Waals surface area contributed by atoms with Crippen molar-refractivity contribution in [2.24, 2.45) is 0 Å². The second-order valence-corrected chi connectivity index (χ2v) is 7.74. The van der Waals surface area contributed by atoms with Gasteiger partial charge in [0.05, 0.1) is 14.5 Å². The fraction of sp³-hybridized carbons (Fsp3) is 0.375. The van der Waals surface area contributed by atoms with Crippen LogP contribution in [0.2, 0.25) is 5.02 Å². The van der Waals surface area contributed by atoms with E-state index < -0.39 is 0 Å². The smallest absolute Gasteiger partial charge is 0.0701 e. The van der Waals surface area contributed by atoms with E-state index >= 15 is 0 Å². The first-order chi connectivity index (χ1) is 10.1. The van der Waals surface area contributed by atoms with Gasteiger partial charge in [-0.3, -0.25) is 0 Å². The van der Waals surface area contributed by atoms with Crippen LogP contribution < -0.4 is 10.2 Å². The average molecular weight is 388 g/mol. The summed E-state index contributed by atoms with van der Waals surface area (Å²) < 4.78 is 1.16. The van der Waals surface area contributed by atoms with Crippen LogP contribution in [0.15, 0.2) is 33.4 Å². The first kappa shape index (κ1) is 16.8. The highest BCUT2D eigenvalue weighted by molar-refractivity contribution is 9.11. The van der Waals surface area contributed by atoms with Crippen LogP contribution in [-0.4, -0.2) is 13.6 Å². The topological polar surface area (TPSA) is 15.3 Å². The maximum atomic E-state index is 6.43. The second-order valence-electron chi connectivity index (χ2n) is 5.04. The number of thiophene rings is 1. The minimum atomic E-state index is 0.808. The van der Waals surface area contributed by atoms with Crippen molar-refractivity contribution in [2.75, 3.05) is 18.5 Å². The Hall–Kier alpha value is -0.550. The zero-order valence-electron chi connectivity index (χ0n) is 12.3. The van der Waals surface area contributed by atoms with Crippen LogP contribution in [0.3, 0.4) is 0 Å². The third-order valence-electron chi connectivity index (χ3n) is 3.24. The molecule has 1 N–H and O–H groups in total. The van der Waals surface area contributed by atoms with E-state index in [4.69, 9.17) is 11.6 Å². The predicted octanol–water partition coefficient (Wildman–Crippen LogP) is 5.30. The number of benzene rings is 1. The van der Waals surface area contributed by atoms with Crippen LogP contribution in [0.4, 0.5) is 5.69 Å². The Balaban J connectivity index is 2.16. The van der Waals surface area contributed by atoms with E-state index in [1.807, 2.05) is 12.1 Å². The molecule has 0 bridgehead atoms. The van der Waals surface area contributed by atoms with Crippen LogP contribution in [0.1, 0.15) is 24.5 Å². The molecule has 2 aromatic rings. The van der Waals surface area contributed by atoms with E-state index in [9.17, 15) is 0 Å². The van der Waals surface area contributed by atoms with E-state index in [2.05, 4.69) is 57.6 Å². The zero-order valence-corrected chi connectivity index (χ0v) is 15.5. The Morgan fingerprint density at radius 2 is 2.19 bits per heavy atom. The van der Waals surface area contributed by atoms with Crippen LogP contribution in [0.5, 0.6) is 0 Å². The minimum absolute atomic E-state index is 0.808. The monoisotopic (exact) mass is 386 g/mol. The largest absolute Gasteiger partial charge is 0.369 e. The van der Waals surface area contributed by atoms with Gasteiger partial charge in [0.2, 0.25) is 0 Å². The fourth-order valence-electron chi connectivity index (χ4n) is 2.31. The lowest BCUT2D eigenvalue weighted by molar-refractivity contribution is 0.674. The molecule has 1 aromatic heterocycles. The Morgan fingerprint density at radius 1 is 1.38 bits per heavy atom. The van der Waals surface area contributed by atoms with Crippen LogP contribution in [0.25, 0.3) is 0 Å². The summed E-state index contributed by atoms with van der Waals surface area (Å²) in [6.45, 7) is 4.90. The SMILES string of the molecule is CCCNCc1cccc(Cl)c1N(C)Cc1csc(Br)c1. The van der Waals surface area contributed by atoms with Gasteiger partial charge >= 0.3 is 0 Å². The molecule has 0 aliphatic rings. The molecule has 0 saturated heterocycles. The van der Waals surface area contributed by atoms with Gasteiger partial charge in [-0.1, -0.05) is 30.7 Å². The van der Waals surface area contributed by atoms with Crippen molar-refractivity contribution < 1.29 is 0 Å². The highest BCUT2D eigenvalue weighted by Crippen LogP contribution is 2.31. The van der Waals surface area contributed by atoms with Crippen molar-refractivity contribution in [2.45, 2.75) is 26.4 Å². The van der Waals surface area contributed by atoms with Gasteiger partial charge in [-0.25, -0.2) is 0 Å². The number of para-hydroxylation sites is 1. The van der Waals surface area contributed by atoms with Gasteiger partial charge < -0.3 is 10.2 Å². The van der Waals surface area contributed by atoms with E-state index in [0.29, 0.717) is 0 Å². The molecule has 0 unspecified atom stereocenters. The van der Waals surface area contributed by atoms with Crippen molar-refractivity contribution >= 4 is 44.6 Å². The van der Waals surface area contributed by atoms with Gasteiger partial charge in [0.15, 0.2) is 0 Å². The molecule has 1 aromatic carbocycles. The summed E-state index contributed by atoms with van der Waals surface area (Å²) in [5, 5.41) is 6.43. The van der Waals surface area contributed by atoms with Gasteiger partial charge in [-0.05, 0) is 57.5 Å². The number of halogens is 2. The average Bonchev–Trinajstić information content (AvgIpc) is 2.84. The van der Waals surface area contributed by atoms with E-state index in [0.717, 1.165) is 40.6 Å². The molecule has 0 aliphatic heterocycles. The molecule has 2 rings (SSSR count). The van der Waals surface area contributed by atoms with E-state index in [-0.39, 0.29) is 0 Å². The molecule has 0 saturated carbocycles. The lowest BCUT2D eigenvalue weighted by Gasteiger charge is -2.23. The van der Waals surface area contributed by atoms with E-state index in [1.54, 1.807) is 11.3 Å². The number of nitrogens with zero attached hydrogens (tertiary/aromatic N) is 1. The Morgan fingerprint density at radius 3 is 2.86 bits per heavy atom. The highest BCUT2D eigenvalue weighted by atomic mass is 79.9. The lowest BCUT2D eigenvalue weighted by atomic mass is 10.1. The molecule has 0 atom stereocenters. The normalized spacial score (nSPS) is 10.9. The molecular weight excluding hydrogens is 368 g/mol. The fourth-order valence-corrected chi connectivity index (χ4v) is 3.85. The summed E-state index contributed by atoms with van der Waals surface area (Å²) in [7, 11) is 2.09. The van der Waals surface area contributed by atoms with E-state index in [1.165, 1.54) is 11.1 Å². The summed E-state index contributed by atoms with van der Waals surface area (Å²) in [5.74, 6) is 0. The Kier molecular flexibility index (Phi) is 6.55. The molecule has 0 fully saturated rings. The van der Waals surface area contributed by atoms with Gasteiger partial charge in [-0.2, -0.15) is 0 Å². The third-order valence-corrected chi connectivity index (χ3v) is 5.09. The first-order valence-corrected chi connectivity index (χ1v) is 9.09. The first-order valence-electron chi connectivity index (χ1n) is 7.04. The van der Waals surface area contributed by atoms with Crippen molar-refractivity contribution in [1.29, 1.82) is 0 Å². The number of hydrogen-bond donors (Lipinski definition) is 1. The van der Waals surface area contributed by atoms with Crippen molar-refractivity contribution in [3.05, 3.63) is 49.6 Å². The molecule has 0 aliphatic carbocycles. The molecule has 0 spiro atoms. The summed E-state index contributed by atoms with van der Waals surface area (Å²) in [4.78, 5) is 2.22. The highest BCUT2D eigenvalue weighted by Gasteiger charge is 2.12. The van der Waals surface area contributed by atoms with Crippen molar-refractivity contribution in [3.8, 4) is 0 Å². The minimum Gasteiger partial charge on any atom is -0.369 e. The molecule has 5 heteroatoms. The molecular formula is C16H20BrClN2S. The predicted molar refractivity (Wildman–Crippen MR) is 97.6 cm³/mol. The molecule has 1 heterocycles. The number of rotatable bonds is 7. The molecule has 0 radical (unpaired) electrons. The molecule has 114 valence electrons. The Labute approximate surface area is 144 Å². The van der Waals surface area contributed by atoms with Crippen LogP contribution in [-0.2, 0) is 13.1 Å². The number of hydrogen-bond acceptors (Lipinski definition) is 3. The summed E-state index contributed by atoms with van der Waals surface area (Å²) in [6, 6.07) is 8.28. The number of nitrogens with one attached hydrogen (secondary N) is 1. The molecule has 0 amide bonds. The summed E-state index contributed by atoms with van der Waals surface area (Å²) >= 11 is 11.7. The molecule has 2 nitrogen and oxygen atoms in total. The zero-order chi connectivity index (χ0) is 15.2. The maximum Gasteiger partial charge on any atom is 0.0701 e. The summed E-state index contributed by atoms with van der Waals surface area (Å²) in [5.41, 5.74) is 3.65. The standard InChI is InChI=1S/C16H20BrClN2S/c1-3-7-19-9-13-5-4-6-14(18)16(13)20(2)10-12-8-15(17)21-11-12/h4-6,8,11,19H,3,7,9-10H2,1-2H3.